The highest BCUT2D eigenvalue weighted by Crippen LogP contribution is 2.41. The van der Waals surface area contributed by atoms with Crippen molar-refractivity contribution < 1.29 is 4.79 Å². The Morgan fingerprint density at radius 3 is 2.29 bits per heavy atom. The van der Waals surface area contributed by atoms with E-state index in [9.17, 15) is 4.79 Å². The first-order valence-corrected chi connectivity index (χ1v) is 10.3. The third-order valence-electron chi connectivity index (χ3n) is 6.15. The quantitative estimate of drug-likeness (QED) is 0.872. The average Bonchev–Trinajstić information content (AvgIpc) is 3.19. The molecule has 0 aliphatic carbocycles. The van der Waals surface area contributed by atoms with Gasteiger partial charge in [-0.05, 0) is 43.4 Å². The van der Waals surface area contributed by atoms with Gasteiger partial charge in [0, 0.05) is 42.9 Å². The van der Waals surface area contributed by atoms with Gasteiger partial charge in [-0.2, -0.15) is 0 Å². The lowest BCUT2D eigenvalue weighted by molar-refractivity contribution is -0.114. The second-order valence-corrected chi connectivity index (χ2v) is 9.39. The molecular formula is C22H31N5O. The first kappa shape index (κ1) is 19.1. The maximum Gasteiger partial charge on any atom is 0.221 e. The van der Waals surface area contributed by atoms with E-state index in [2.05, 4.69) is 64.3 Å². The molecule has 0 spiro atoms. The molecule has 2 aliphatic heterocycles. The minimum Gasteiger partial charge on any atom is -0.326 e. The number of anilines is 1. The second-order valence-electron chi connectivity index (χ2n) is 9.39. The van der Waals surface area contributed by atoms with Crippen LogP contribution in [0.5, 0.6) is 0 Å². The average molecular weight is 382 g/mol. The predicted octanol–water partition coefficient (Wildman–Crippen LogP) is 3.90. The summed E-state index contributed by atoms with van der Waals surface area (Å²) in [4.78, 5) is 13.9. The highest BCUT2D eigenvalue weighted by Gasteiger charge is 2.41. The minimum atomic E-state index is -0.0319. The van der Waals surface area contributed by atoms with Gasteiger partial charge in [0.05, 0.1) is 11.7 Å². The fraction of sp³-hybridized carbons (Fsp3) is 0.591. The number of carbonyl (C=O) groups is 1. The van der Waals surface area contributed by atoms with Crippen molar-refractivity contribution in [2.75, 3.05) is 5.32 Å². The number of hydrogen-bond acceptors (Lipinski definition) is 4. The maximum atomic E-state index is 11.2. The van der Waals surface area contributed by atoms with Crippen molar-refractivity contribution in [3.05, 3.63) is 41.7 Å². The molecule has 3 heterocycles. The van der Waals surface area contributed by atoms with E-state index in [4.69, 9.17) is 0 Å². The summed E-state index contributed by atoms with van der Waals surface area (Å²) in [5.74, 6) is -0.0319. The molecule has 4 rings (SSSR count). The number of amides is 1. The van der Waals surface area contributed by atoms with Crippen LogP contribution in [0.15, 0.2) is 30.5 Å². The molecular weight excluding hydrogens is 350 g/mol. The zero-order chi connectivity index (χ0) is 19.9. The van der Waals surface area contributed by atoms with Crippen LogP contribution in [0.3, 0.4) is 0 Å². The molecule has 6 nitrogen and oxygen atoms in total. The van der Waals surface area contributed by atoms with Gasteiger partial charge < -0.3 is 5.32 Å². The molecule has 6 heteroatoms. The van der Waals surface area contributed by atoms with E-state index >= 15 is 0 Å². The Morgan fingerprint density at radius 2 is 1.75 bits per heavy atom. The van der Waals surface area contributed by atoms with Crippen molar-refractivity contribution in [3.63, 3.8) is 0 Å². The Labute approximate surface area is 167 Å². The van der Waals surface area contributed by atoms with E-state index in [1.54, 1.807) is 0 Å². The molecule has 2 unspecified atom stereocenters. The van der Waals surface area contributed by atoms with Crippen LogP contribution in [0.1, 0.15) is 70.7 Å². The van der Waals surface area contributed by atoms with Gasteiger partial charge in [-0.3, -0.25) is 9.69 Å². The van der Waals surface area contributed by atoms with Gasteiger partial charge in [-0.15, -0.1) is 5.10 Å². The summed E-state index contributed by atoms with van der Waals surface area (Å²) in [5.41, 5.74) is 3.28. The molecule has 2 atom stereocenters. The number of nitrogens with zero attached hydrogens (tertiary/aromatic N) is 4. The summed E-state index contributed by atoms with van der Waals surface area (Å²) in [6, 6.07) is 9.93. The van der Waals surface area contributed by atoms with Crippen LogP contribution in [0.25, 0.3) is 0 Å². The van der Waals surface area contributed by atoms with Gasteiger partial charge in [0.25, 0.3) is 0 Å². The molecule has 1 aromatic heterocycles. The van der Waals surface area contributed by atoms with Gasteiger partial charge >= 0.3 is 0 Å². The lowest BCUT2D eigenvalue weighted by atomic mass is 9.93. The van der Waals surface area contributed by atoms with Crippen LogP contribution in [-0.2, 0) is 16.8 Å². The molecule has 2 fully saturated rings. The molecule has 0 saturated carbocycles. The molecule has 0 radical (unpaired) electrons. The summed E-state index contributed by atoms with van der Waals surface area (Å²) >= 11 is 0. The number of aromatic nitrogens is 3. The normalized spacial score (nSPS) is 25.1. The molecule has 2 aromatic rings. The number of hydrogen-bond donors (Lipinski definition) is 1. The third-order valence-corrected chi connectivity index (χ3v) is 6.15. The number of nitrogens with one attached hydrogen (secondary N) is 1. The van der Waals surface area contributed by atoms with Crippen molar-refractivity contribution in [2.24, 2.45) is 0 Å². The lowest BCUT2D eigenvalue weighted by Gasteiger charge is -2.38. The molecule has 2 aliphatic rings. The maximum absolute atomic E-state index is 11.2. The van der Waals surface area contributed by atoms with Crippen molar-refractivity contribution in [2.45, 2.75) is 83.5 Å². The zero-order valence-corrected chi connectivity index (χ0v) is 17.4. The largest absolute Gasteiger partial charge is 0.326 e. The Bertz CT molecular complexity index is 821. The highest BCUT2D eigenvalue weighted by atomic mass is 16.1. The lowest BCUT2D eigenvalue weighted by Crippen LogP contribution is -2.42. The Hall–Kier alpha value is -2.21. The fourth-order valence-electron chi connectivity index (χ4n) is 4.63. The van der Waals surface area contributed by atoms with Crippen LogP contribution in [-0.4, -0.2) is 37.9 Å². The van der Waals surface area contributed by atoms with Crippen LogP contribution < -0.4 is 5.32 Å². The Balaban J connectivity index is 1.41. The van der Waals surface area contributed by atoms with Crippen LogP contribution >= 0.6 is 0 Å². The molecule has 1 aromatic carbocycles. The minimum absolute atomic E-state index is 0.0319. The Kier molecular flexibility index (Phi) is 5.00. The number of benzene rings is 1. The van der Waals surface area contributed by atoms with Crippen LogP contribution in [0.4, 0.5) is 5.69 Å². The summed E-state index contributed by atoms with van der Waals surface area (Å²) in [6.07, 6.45) is 6.99. The zero-order valence-electron chi connectivity index (χ0n) is 17.4. The van der Waals surface area contributed by atoms with E-state index in [0.29, 0.717) is 18.1 Å². The number of piperidine rings is 1. The van der Waals surface area contributed by atoms with Crippen molar-refractivity contribution in [3.8, 4) is 0 Å². The van der Waals surface area contributed by atoms with Gasteiger partial charge in [0.1, 0.15) is 0 Å². The fourth-order valence-corrected chi connectivity index (χ4v) is 4.63. The molecule has 2 saturated heterocycles. The Morgan fingerprint density at radius 1 is 1.11 bits per heavy atom. The summed E-state index contributed by atoms with van der Waals surface area (Å²) in [5, 5.41) is 11.7. The summed E-state index contributed by atoms with van der Waals surface area (Å²) in [7, 11) is 0. The van der Waals surface area contributed by atoms with Crippen molar-refractivity contribution in [1.82, 2.24) is 19.9 Å². The standard InChI is InChI=1S/C22H31N5O/c1-15(28)23-17-7-5-16(6-8-17)13-26-18-9-10-19(26)12-20(11-18)27-14-21(24-25-27)22(2,3)4/h5-8,14,18-20H,9-13H2,1-4H3,(H,23,28). The van der Waals surface area contributed by atoms with Crippen molar-refractivity contribution >= 4 is 11.6 Å². The summed E-state index contributed by atoms with van der Waals surface area (Å²) < 4.78 is 2.12. The monoisotopic (exact) mass is 381 g/mol. The summed E-state index contributed by atoms with van der Waals surface area (Å²) in [6.45, 7) is 9.07. The molecule has 28 heavy (non-hydrogen) atoms. The van der Waals surface area contributed by atoms with Crippen LogP contribution in [0.2, 0.25) is 0 Å². The number of carbonyl (C=O) groups excluding carboxylic acids is 1. The van der Waals surface area contributed by atoms with Gasteiger partial charge in [0.15, 0.2) is 0 Å². The molecule has 150 valence electrons. The molecule has 1 N–H and O–H groups in total. The van der Waals surface area contributed by atoms with E-state index in [1.165, 1.54) is 25.3 Å². The molecule has 2 bridgehead atoms. The van der Waals surface area contributed by atoms with Crippen LogP contribution in [0, 0.1) is 0 Å². The third kappa shape index (κ3) is 3.97. The van der Waals surface area contributed by atoms with Gasteiger partial charge in [0.2, 0.25) is 5.91 Å². The molecule has 1 amide bonds. The highest BCUT2D eigenvalue weighted by molar-refractivity contribution is 5.88. The number of rotatable bonds is 4. The smallest absolute Gasteiger partial charge is 0.221 e. The SMILES string of the molecule is CC(=O)Nc1ccc(CN2C3CCC2CC(n2cc(C(C)(C)C)nn2)C3)cc1. The topological polar surface area (TPSA) is 63.1 Å². The van der Waals surface area contributed by atoms with E-state index in [1.807, 2.05) is 12.1 Å². The predicted molar refractivity (Wildman–Crippen MR) is 110 cm³/mol. The van der Waals surface area contributed by atoms with E-state index < -0.39 is 0 Å². The first-order chi connectivity index (χ1) is 13.3. The first-order valence-electron chi connectivity index (χ1n) is 10.3. The second kappa shape index (κ2) is 7.32. The van der Waals surface area contributed by atoms with Crippen molar-refractivity contribution in [1.29, 1.82) is 0 Å². The van der Waals surface area contributed by atoms with E-state index in [0.717, 1.165) is 30.8 Å². The van der Waals surface area contributed by atoms with Gasteiger partial charge in [-0.25, -0.2) is 4.68 Å². The van der Waals surface area contributed by atoms with Gasteiger partial charge in [-0.1, -0.05) is 38.1 Å². The van der Waals surface area contributed by atoms with E-state index in [-0.39, 0.29) is 11.3 Å². The number of fused-ring (bicyclic) bond motifs is 2.